The summed E-state index contributed by atoms with van der Waals surface area (Å²) in [6.45, 7) is 5.16. The Bertz CT molecular complexity index is 734. The molecule has 10 heteroatoms. The number of alkyl halides is 3. The second-order valence-electron chi connectivity index (χ2n) is 7.33. The number of amides is 2. The molecule has 0 unspecified atom stereocenters. The number of carbonyl (C=O) groups excluding carboxylic acids is 2. The minimum atomic E-state index is -4.66. The van der Waals surface area contributed by atoms with Gasteiger partial charge in [-0.2, -0.15) is 13.2 Å². The minimum absolute atomic E-state index is 0.0821. The topological polar surface area (TPSA) is 84.7 Å². The van der Waals surface area contributed by atoms with Crippen LogP contribution < -0.4 is 11.1 Å². The summed E-state index contributed by atoms with van der Waals surface area (Å²) in [5.41, 5.74) is 3.95. The lowest BCUT2D eigenvalue weighted by molar-refractivity contribution is -0.137. The van der Waals surface area contributed by atoms with Crippen LogP contribution in [-0.2, 0) is 15.7 Å². The molecule has 1 fully saturated rings. The Labute approximate surface area is 159 Å². The van der Waals surface area contributed by atoms with Gasteiger partial charge in [-0.25, -0.2) is 4.79 Å². The van der Waals surface area contributed by atoms with Gasteiger partial charge in [0, 0.05) is 18.3 Å². The highest BCUT2D eigenvalue weighted by Crippen LogP contribution is 2.36. The Morgan fingerprint density at radius 3 is 2.48 bits per heavy atom. The fourth-order valence-corrected chi connectivity index (χ4v) is 2.91. The van der Waals surface area contributed by atoms with Gasteiger partial charge in [-0.3, -0.25) is 9.69 Å². The minimum Gasteiger partial charge on any atom is -0.444 e. The van der Waals surface area contributed by atoms with Crippen molar-refractivity contribution in [3.05, 3.63) is 28.8 Å². The van der Waals surface area contributed by atoms with E-state index in [9.17, 15) is 22.8 Å². The van der Waals surface area contributed by atoms with Gasteiger partial charge >= 0.3 is 12.3 Å². The number of benzene rings is 1. The Morgan fingerprint density at radius 2 is 1.93 bits per heavy atom. The number of hydrogen-bond acceptors (Lipinski definition) is 4. The number of carbonyl (C=O) groups is 2. The zero-order valence-electron chi connectivity index (χ0n) is 15.1. The molecule has 1 aliphatic heterocycles. The summed E-state index contributed by atoms with van der Waals surface area (Å²) in [7, 11) is 0. The molecule has 0 radical (unpaired) electrons. The first-order chi connectivity index (χ1) is 12.3. The number of anilines is 1. The van der Waals surface area contributed by atoms with E-state index in [4.69, 9.17) is 22.1 Å². The lowest BCUT2D eigenvalue weighted by Crippen LogP contribution is -2.45. The molecule has 1 saturated heterocycles. The summed E-state index contributed by atoms with van der Waals surface area (Å²) in [6.07, 6.45) is -5.19. The van der Waals surface area contributed by atoms with Gasteiger partial charge in [0.2, 0.25) is 5.91 Å². The maximum Gasteiger partial charge on any atom is 0.417 e. The molecule has 2 atom stereocenters. The molecule has 2 amide bonds. The fraction of sp³-hybridized carbons (Fsp3) is 0.529. The van der Waals surface area contributed by atoms with Crippen molar-refractivity contribution < 1.29 is 27.5 Å². The number of nitrogens with one attached hydrogen (secondary N) is 1. The Morgan fingerprint density at radius 1 is 1.30 bits per heavy atom. The Balaban J connectivity index is 2.18. The predicted octanol–water partition coefficient (Wildman–Crippen LogP) is 3.63. The largest absolute Gasteiger partial charge is 0.444 e. The summed E-state index contributed by atoms with van der Waals surface area (Å²) in [6, 6.07) is 1.66. The summed E-state index contributed by atoms with van der Waals surface area (Å²) in [5, 5.41) is 1.92. The maximum absolute atomic E-state index is 13.0. The molecule has 1 aliphatic rings. The van der Waals surface area contributed by atoms with Crippen LogP contribution in [0.3, 0.4) is 0 Å². The van der Waals surface area contributed by atoms with Crippen LogP contribution in [-0.4, -0.2) is 41.1 Å². The fourth-order valence-electron chi connectivity index (χ4n) is 2.69. The van der Waals surface area contributed by atoms with Crippen molar-refractivity contribution >= 4 is 29.3 Å². The Kier molecular flexibility index (Phi) is 5.96. The summed E-state index contributed by atoms with van der Waals surface area (Å²) < 4.78 is 44.1. The average molecular weight is 408 g/mol. The number of ether oxygens (including phenoxy) is 1. The molecule has 3 N–H and O–H groups in total. The highest BCUT2D eigenvalue weighted by molar-refractivity contribution is 6.31. The van der Waals surface area contributed by atoms with Crippen LogP contribution in [0.2, 0.25) is 5.02 Å². The lowest BCUT2D eigenvalue weighted by atomic mass is 10.1. The third-order valence-corrected chi connectivity index (χ3v) is 4.13. The van der Waals surface area contributed by atoms with Crippen LogP contribution in [0.1, 0.15) is 32.8 Å². The van der Waals surface area contributed by atoms with Gasteiger partial charge in [0.05, 0.1) is 10.6 Å². The van der Waals surface area contributed by atoms with Crippen molar-refractivity contribution in [2.75, 3.05) is 11.9 Å². The van der Waals surface area contributed by atoms with E-state index in [1.807, 2.05) is 0 Å². The van der Waals surface area contributed by atoms with E-state index in [-0.39, 0.29) is 18.7 Å². The molecule has 0 saturated carbocycles. The molecule has 1 heterocycles. The van der Waals surface area contributed by atoms with Crippen molar-refractivity contribution in [2.24, 2.45) is 5.73 Å². The molecule has 2 rings (SSSR count). The van der Waals surface area contributed by atoms with Gasteiger partial charge in [0.25, 0.3) is 0 Å². The van der Waals surface area contributed by atoms with Crippen LogP contribution in [0.25, 0.3) is 0 Å². The maximum atomic E-state index is 13.0. The molecular formula is C17H21ClF3N3O3. The summed E-state index contributed by atoms with van der Waals surface area (Å²) in [4.78, 5) is 26.0. The first kappa shape index (κ1) is 21.3. The number of likely N-dealkylation sites (tertiary alicyclic amines) is 1. The lowest BCUT2D eigenvalue weighted by Gasteiger charge is -2.28. The van der Waals surface area contributed by atoms with Gasteiger partial charge in [-0.05, 0) is 45.4 Å². The summed E-state index contributed by atoms with van der Waals surface area (Å²) in [5.74, 6) is -0.649. The Hall–Kier alpha value is -2.00. The highest BCUT2D eigenvalue weighted by Gasteiger charge is 2.40. The van der Waals surface area contributed by atoms with E-state index in [2.05, 4.69) is 5.32 Å². The third-order valence-electron chi connectivity index (χ3n) is 3.80. The first-order valence-electron chi connectivity index (χ1n) is 8.21. The molecule has 1 aromatic rings. The normalized spacial score (nSPS) is 20.5. The van der Waals surface area contributed by atoms with Gasteiger partial charge in [0.15, 0.2) is 0 Å². The van der Waals surface area contributed by atoms with Crippen LogP contribution in [0.5, 0.6) is 0 Å². The van der Waals surface area contributed by atoms with Gasteiger partial charge in [0.1, 0.15) is 11.6 Å². The van der Waals surface area contributed by atoms with Gasteiger partial charge < -0.3 is 15.8 Å². The van der Waals surface area contributed by atoms with E-state index in [1.165, 1.54) is 11.0 Å². The SMILES string of the molecule is CC(C)(C)OC(=O)N1C[C@H](N)C[C@@H]1C(=O)Nc1ccc(Cl)c(C(F)(F)F)c1. The molecule has 0 bridgehead atoms. The van der Waals surface area contributed by atoms with Crippen LogP contribution in [0, 0.1) is 0 Å². The number of hydrogen-bond donors (Lipinski definition) is 2. The van der Waals surface area contributed by atoms with E-state index in [0.717, 1.165) is 12.1 Å². The van der Waals surface area contributed by atoms with E-state index in [1.54, 1.807) is 20.8 Å². The zero-order valence-corrected chi connectivity index (χ0v) is 15.8. The predicted molar refractivity (Wildman–Crippen MR) is 94.4 cm³/mol. The number of rotatable bonds is 2. The molecule has 0 aromatic heterocycles. The first-order valence-corrected chi connectivity index (χ1v) is 8.58. The summed E-state index contributed by atoms with van der Waals surface area (Å²) >= 11 is 5.57. The molecule has 150 valence electrons. The quantitative estimate of drug-likeness (QED) is 0.784. The molecule has 27 heavy (non-hydrogen) atoms. The van der Waals surface area contributed by atoms with E-state index >= 15 is 0 Å². The highest BCUT2D eigenvalue weighted by atomic mass is 35.5. The van der Waals surface area contributed by atoms with Crippen molar-refractivity contribution in [3.63, 3.8) is 0 Å². The smallest absolute Gasteiger partial charge is 0.417 e. The van der Waals surface area contributed by atoms with Gasteiger partial charge in [-0.15, -0.1) is 0 Å². The molecule has 1 aromatic carbocycles. The van der Waals surface area contributed by atoms with Crippen LogP contribution in [0.15, 0.2) is 18.2 Å². The standard InChI is InChI=1S/C17H21ClF3N3O3/c1-16(2,3)27-15(26)24-8-9(22)6-13(24)14(25)23-10-4-5-12(18)11(7-10)17(19,20)21/h4-5,7,9,13H,6,8,22H2,1-3H3,(H,23,25)/t9-,13-/m1/s1. The van der Waals surface area contributed by atoms with E-state index < -0.39 is 46.4 Å². The molecule has 0 spiro atoms. The van der Waals surface area contributed by atoms with Crippen LogP contribution >= 0.6 is 11.6 Å². The van der Waals surface area contributed by atoms with Gasteiger partial charge in [-0.1, -0.05) is 11.6 Å². The third kappa shape index (κ3) is 5.49. The number of nitrogens with zero attached hydrogens (tertiary/aromatic N) is 1. The molecule has 0 aliphatic carbocycles. The van der Waals surface area contributed by atoms with Crippen molar-refractivity contribution in [2.45, 2.75) is 51.1 Å². The second kappa shape index (κ2) is 7.55. The number of nitrogens with two attached hydrogens (primary N) is 1. The van der Waals surface area contributed by atoms with E-state index in [0.29, 0.717) is 0 Å². The average Bonchev–Trinajstić information content (AvgIpc) is 2.88. The van der Waals surface area contributed by atoms with Crippen molar-refractivity contribution in [1.82, 2.24) is 4.90 Å². The molecule has 6 nitrogen and oxygen atoms in total. The second-order valence-corrected chi connectivity index (χ2v) is 7.73. The molecular weight excluding hydrogens is 387 g/mol. The monoisotopic (exact) mass is 407 g/mol. The van der Waals surface area contributed by atoms with Crippen molar-refractivity contribution in [3.8, 4) is 0 Å². The zero-order chi connectivity index (χ0) is 20.6. The number of halogens is 4. The van der Waals surface area contributed by atoms with Crippen molar-refractivity contribution in [1.29, 1.82) is 0 Å². The van der Waals surface area contributed by atoms with Crippen LogP contribution in [0.4, 0.5) is 23.7 Å².